The summed E-state index contributed by atoms with van der Waals surface area (Å²) in [6.07, 6.45) is 0.235. The molecule has 1 aromatic carbocycles. The lowest BCUT2D eigenvalue weighted by Crippen LogP contribution is -2.46. The Morgan fingerprint density at radius 2 is 1.56 bits per heavy atom. The largest absolute Gasteiger partial charge is 0.486 e. The van der Waals surface area contributed by atoms with Gasteiger partial charge in [-0.15, -0.1) is 0 Å². The van der Waals surface area contributed by atoms with E-state index in [4.69, 9.17) is 33.9 Å². The van der Waals surface area contributed by atoms with Gasteiger partial charge in [-0.25, -0.2) is 4.98 Å². The van der Waals surface area contributed by atoms with E-state index in [1.165, 1.54) is 0 Å². The van der Waals surface area contributed by atoms with Gasteiger partial charge in [-0.1, -0.05) is 0 Å². The first-order valence-electron chi connectivity index (χ1n) is 12.0. The summed E-state index contributed by atoms with van der Waals surface area (Å²) < 4.78 is 23.0. The molecule has 2 atom stereocenters. The number of pyridine rings is 1. The van der Waals surface area contributed by atoms with Crippen LogP contribution in [-0.4, -0.2) is 79.8 Å². The van der Waals surface area contributed by atoms with Gasteiger partial charge >= 0.3 is 0 Å². The third-order valence-corrected chi connectivity index (χ3v) is 6.38. The zero-order valence-corrected chi connectivity index (χ0v) is 19.6. The normalized spacial score (nSPS) is 22.8. The van der Waals surface area contributed by atoms with Crippen molar-refractivity contribution >= 4 is 22.8 Å². The molecule has 0 bridgehead atoms. The second kappa shape index (κ2) is 8.88. The van der Waals surface area contributed by atoms with Gasteiger partial charge in [0.05, 0.1) is 36.5 Å². The van der Waals surface area contributed by atoms with Crippen molar-refractivity contribution in [3.8, 4) is 22.8 Å². The van der Waals surface area contributed by atoms with E-state index in [9.17, 15) is 0 Å². The average molecular weight is 464 g/mol. The number of nitrogens with zero attached hydrogens (tertiary/aromatic N) is 5. The zero-order chi connectivity index (χ0) is 23.1. The van der Waals surface area contributed by atoms with Crippen LogP contribution in [0.4, 0.5) is 11.8 Å². The standard InChI is InChI=1S/C25H29N5O4/c1-16-14-30(15-17(2)34-16)25-27-23-19(24(28-25)29-7-9-31-10-8-29)4-5-20(26-23)18-3-6-21-22(13-18)33-12-11-32-21/h3-6,13,16-17H,7-12,14-15H2,1-2H3. The van der Waals surface area contributed by atoms with Gasteiger partial charge in [0.15, 0.2) is 17.1 Å². The number of benzene rings is 1. The maximum atomic E-state index is 5.93. The quantitative estimate of drug-likeness (QED) is 0.582. The highest BCUT2D eigenvalue weighted by Crippen LogP contribution is 2.35. The zero-order valence-electron chi connectivity index (χ0n) is 19.6. The van der Waals surface area contributed by atoms with Crippen LogP contribution < -0.4 is 19.3 Å². The Balaban J connectivity index is 1.44. The fourth-order valence-corrected chi connectivity index (χ4v) is 4.85. The van der Waals surface area contributed by atoms with Crippen molar-refractivity contribution in [1.82, 2.24) is 15.0 Å². The molecule has 2 fully saturated rings. The van der Waals surface area contributed by atoms with Crippen LogP contribution in [0.1, 0.15) is 13.8 Å². The number of morpholine rings is 2. The average Bonchev–Trinajstić information content (AvgIpc) is 2.87. The maximum absolute atomic E-state index is 5.93. The van der Waals surface area contributed by atoms with Crippen molar-refractivity contribution in [2.75, 3.05) is 62.4 Å². The molecule has 0 amide bonds. The molecule has 0 spiro atoms. The molecule has 2 saturated heterocycles. The van der Waals surface area contributed by atoms with E-state index in [1.54, 1.807) is 0 Å². The molecule has 0 aliphatic carbocycles. The summed E-state index contributed by atoms with van der Waals surface area (Å²) >= 11 is 0. The molecule has 5 heterocycles. The smallest absolute Gasteiger partial charge is 0.229 e. The van der Waals surface area contributed by atoms with Gasteiger partial charge < -0.3 is 28.7 Å². The Kier molecular flexibility index (Phi) is 5.58. The first kappa shape index (κ1) is 21.4. The van der Waals surface area contributed by atoms with Gasteiger partial charge in [-0.2, -0.15) is 9.97 Å². The Morgan fingerprint density at radius 1 is 0.794 bits per heavy atom. The molecule has 34 heavy (non-hydrogen) atoms. The highest BCUT2D eigenvalue weighted by molar-refractivity contribution is 5.90. The lowest BCUT2D eigenvalue weighted by molar-refractivity contribution is -0.00570. The van der Waals surface area contributed by atoms with Crippen LogP contribution in [0, 0.1) is 0 Å². The molecular formula is C25H29N5O4. The van der Waals surface area contributed by atoms with E-state index in [2.05, 4.69) is 29.7 Å². The minimum absolute atomic E-state index is 0.117. The van der Waals surface area contributed by atoms with Crippen molar-refractivity contribution in [2.45, 2.75) is 26.1 Å². The lowest BCUT2D eigenvalue weighted by Gasteiger charge is -2.36. The number of fused-ring (bicyclic) bond motifs is 2. The molecule has 3 aliphatic heterocycles. The summed E-state index contributed by atoms with van der Waals surface area (Å²) in [5.41, 5.74) is 2.49. The Labute approximate surface area is 198 Å². The SMILES string of the molecule is CC1CN(c2nc(N3CCOCC3)c3ccc(-c4ccc5c(c4)OCCO5)nc3n2)CC(C)O1. The molecule has 0 N–H and O–H groups in total. The van der Waals surface area contributed by atoms with Crippen LogP contribution in [0.3, 0.4) is 0 Å². The van der Waals surface area contributed by atoms with Crippen molar-refractivity contribution in [2.24, 2.45) is 0 Å². The molecular weight excluding hydrogens is 434 g/mol. The van der Waals surface area contributed by atoms with Gasteiger partial charge in [0, 0.05) is 31.7 Å². The van der Waals surface area contributed by atoms with Crippen molar-refractivity contribution in [3.63, 3.8) is 0 Å². The fraction of sp³-hybridized carbons (Fsp3) is 0.480. The highest BCUT2D eigenvalue weighted by Gasteiger charge is 2.27. The minimum atomic E-state index is 0.117. The fourth-order valence-electron chi connectivity index (χ4n) is 4.85. The van der Waals surface area contributed by atoms with Crippen molar-refractivity contribution < 1.29 is 18.9 Å². The molecule has 178 valence electrons. The predicted molar refractivity (Wildman–Crippen MR) is 129 cm³/mol. The molecule has 9 heteroatoms. The van der Waals surface area contributed by atoms with Gasteiger partial charge in [-0.3, -0.25) is 0 Å². The number of hydrogen-bond donors (Lipinski definition) is 0. The van der Waals surface area contributed by atoms with Gasteiger partial charge in [0.2, 0.25) is 5.95 Å². The lowest BCUT2D eigenvalue weighted by atomic mass is 10.1. The topological polar surface area (TPSA) is 82.1 Å². The van der Waals surface area contributed by atoms with Crippen LogP contribution in [-0.2, 0) is 9.47 Å². The highest BCUT2D eigenvalue weighted by atomic mass is 16.6. The molecule has 0 radical (unpaired) electrons. The third-order valence-electron chi connectivity index (χ3n) is 6.38. The van der Waals surface area contributed by atoms with Gasteiger partial charge in [0.1, 0.15) is 19.0 Å². The molecule has 2 aromatic heterocycles. The van der Waals surface area contributed by atoms with Crippen LogP contribution in [0.15, 0.2) is 30.3 Å². The van der Waals surface area contributed by atoms with Crippen molar-refractivity contribution in [1.29, 1.82) is 0 Å². The van der Waals surface area contributed by atoms with Crippen LogP contribution in [0.25, 0.3) is 22.3 Å². The summed E-state index contributed by atoms with van der Waals surface area (Å²) in [5.74, 6) is 3.13. The molecule has 6 rings (SSSR count). The Hall–Kier alpha value is -3.17. The van der Waals surface area contributed by atoms with Gasteiger partial charge in [0.25, 0.3) is 0 Å². The van der Waals surface area contributed by atoms with E-state index in [1.807, 2.05) is 24.3 Å². The first-order chi connectivity index (χ1) is 16.6. The number of aromatic nitrogens is 3. The Morgan fingerprint density at radius 3 is 2.35 bits per heavy atom. The minimum Gasteiger partial charge on any atom is -0.486 e. The molecule has 2 unspecified atom stereocenters. The number of rotatable bonds is 3. The monoisotopic (exact) mass is 463 g/mol. The van der Waals surface area contributed by atoms with E-state index >= 15 is 0 Å². The third kappa shape index (κ3) is 4.10. The predicted octanol–water partition coefficient (Wildman–Crippen LogP) is 2.91. The summed E-state index contributed by atoms with van der Waals surface area (Å²) in [4.78, 5) is 19.4. The summed E-state index contributed by atoms with van der Waals surface area (Å²) in [6.45, 7) is 9.78. The van der Waals surface area contributed by atoms with E-state index in [0.717, 1.165) is 60.1 Å². The number of hydrogen-bond acceptors (Lipinski definition) is 9. The summed E-state index contributed by atoms with van der Waals surface area (Å²) in [7, 11) is 0. The van der Waals surface area contributed by atoms with Crippen molar-refractivity contribution in [3.05, 3.63) is 30.3 Å². The molecule has 3 aromatic rings. The molecule has 0 saturated carbocycles. The molecule has 3 aliphatic rings. The molecule has 9 nitrogen and oxygen atoms in total. The van der Waals surface area contributed by atoms with Crippen LogP contribution in [0.2, 0.25) is 0 Å². The van der Waals surface area contributed by atoms with E-state index in [-0.39, 0.29) is 12.2 Å². The van der Waals surface area contributed by atoms with E-state index < -0.39 is 0 Å². The van der Waals surface area contributed by atoms with Crippen LogP contribution >= 0.6 is 0 Å². The Bertz CT molecular complexity index is 1190. The number of anilines is 2. The van der Waals surface area contributed by atoms with Crippen LogP contribution in [0.5, 0.6) is 11.5 Å². The summed E-state index contributed by atoms with van der Waals surface area (Å²) in [5, 5.41) is 0.946. The second-order valence-corrected chi connectivity index (χ2v) is 9.04. The van der Waals surface area contributed by atoms with E-state index in [0.29, 0.717) is 38.0 Å². The maximum Gasteiger partial charge on any atom is 0.229 e. The first-order valence-corrected chi connectivity index (χ1v) is 12.0. The second-order valence-electron chi connectivity index (χ2n) is 9.04. The van der Waals surface area contributed by atoms with Gasteiger partial charge in [-0.05, 0) is 44.2 Å². The number of ether oxygens (including phenoxy) is 4. The summed E-state index contributed by atoms with van der Waals surface area (Å²) in [6, 6.07) is 10.0.